The first kappa shape index (κ1) is 24.2. The number of unbranched alkanes of at least 4 members (excludes halogenated alkanes) is 2. The SMILES string of the molecule is CCCCOC1=C(OCCCC)[C@@H]([C@@H](O)COS(=O)(=O)c2ccc(C)cc2)OC1=O. The Bertz CT molecular complexity index is 829. The highest BCUT2D eigenvalue weighted by Crippen LogP contribution is 2.28. The number of esters is 1. The molecule has 2 rings (SSSR count). The number of aliphatic hydroxyl groups is 1. The van der Waals surface area contributed by atoms with E-state index in [1.807, 2.05) is 20.8 Å². The van der Waals surface area contributed by atoms with Gasteiger partial charge < -0.3 is 19.3 Å². The van der Waals surface area contributed by atoms with Gasteiger partial charge in [-0.3, -0.25) is 4.18 Å². The van der Waals surface area contributed by atoms with E-state index in [0.717, 1.165) is 31.2 Å². The van der Waals surface area contributed by atoms with Gasteiger partial charge >= 0.3 is 5.97 Å². The third-order valence-corrected chi connectivity index (χ3v) is 5.75. The van der Waals surface area contributed by atoms with Crippen molar-refractivity contribution in [1.29, 1.82) is 0 Å². The number of carbonyl (C=O) groups is 1. The number of rotatable bonds is 13. The van der Waals surface area contributed by atoms with Crippen LogP contribution >= 0.6 is 0 Å². The molecular weight excluding hydrogens is 412 g/mol. The lowest BCUT2D eigenvalue weighted by atomic mass is 10.2. The summed E-state index contributed by atoms with van der Waals surface area (Å²) < 4.78 is 46.1. The van der Waals surface area contributed by atoms with Gasteiger partial charge in [0.05, 0.1) is 24.7 Å². The Balaban J connectivity index is 2.10. The van der Waals surface area contributed by atoms with Gasteiger partial charge in [0.15, 0.2) is 11.9 Å². The first-order valence-electron chi connectivity index (χ1n) is 10.1. The van der Waals surface area contributed by atoms with Gasteiger partial charge in [0, 0.05) is 0 Å². The van der Waals surface area contributed by atoms with E-state index in [2.05, 4.69) is 0 Å². The van der Waals surface area contributed by atoms with E-state index in [9.17, 15) is 18.3 Å². The molecule has 1 aromatic rings. The van der Waals surface area contributed by atoms with E-state index in [0.29, 0.717) is 13.2 Å². The van der Waals surface area contributed by atoms with Gasteiger partial charge in [-0.05, 0) is 31.9 Å². The standard InChI is InChI=1S/C21H30O8S/c1-4-6-12-26-19-18(29-21(23)20(19)27-13-7-5-2)17(22)14-28-30(24,25)16-10-8-15(3)9-11-16/h8-11,17-18,22H,4-7,12-14H2,1-3H3/t17-,18+/m0/s1. The number of aryl methyl sites for hydroxylation is 1. The maximum Gasteiger partial charge on any atom is 0.378 e. The van der Waals surface area contributed by atoms with Crippen LogP contribution in [0.1, 0.15) is 45.1 Å². The predicted octanol–water partition coefficient (Wildman–Crippen LogP) is 2.83. The van der Waals surface area contributed by atoms with Gasteiger partial charge in [-0.15, -0.1) is 0 Å². The average Bonchev–Trinajstić information content (AvgIpc) is 3.03. The van der Waals surface area contributed by atoms with Gasteiger partial charge in [-0.2, -0.15) is 8.42 Å². The molecule has 0 spiro atoms. The van der Waals surface area contributed by atoms with Crippen LogP contribution in [0.5, 0.6) is 0 Å². The first-order valence-corrected chi connectivity index (χ1v) is 11.6. The van der Waals surface area contributed by atoms with Crippen LogP contribution in [0.2, 0.25) is 0 Å². The van der Waals surface area contributed by atoms with Crippen molar-refractivity contribution >= 4 is 16.1 Å². The second-order valence-electron chi connectivity index (χ2n) is 7.04. The predicted molar refractivity (Wildman–Crippen MR) is 109 cm³/mol. The zero-order valence-corrected chi connectivity index (χ0v) is 18.4. The summed E-state index contributed by atoms with van der Waals surface area (Å²) >= 11 is 0. The summed E-state index contributed by atoms with van der Waals surface area (Å²) in [4.78, 5) is 12.2. The Morgan fingerprint density at radius 1 is 1.07 bits per heavy atom. The lowest BCUT2D eigenvalue weighted by Gasteiger charge is -2.20. The Kier molecular flexibility index (Phi) is 9.13. The maximum atomic E-state index is 12.3. The zero-order chi connectivity index (χ0) is 22.1. The molecule has 0 unspecified atom stereocenters. The lowest BCUT2D eigenvalue weighted by Crippen LogP contribution is -2.34. The molecule has 0 aromatic heterocycles. The molecule has 0 fully saturated rings. The number of benzene rings is 1. The molecule has 0 saturated heterocycles. The molecule has 0 aliphatic carbocycles. The molecule has 1 aliphatic heterocycles. The van der Waals surface area contributed by atoms with Gasteiger partial charge in [0.25, 0.3) is 10.1 Å². The molecule has 168 valence electrons. The minimum atomic E-state index is -4.07. The third kappa shape index (κ3) is 6.45. The second-order valence-corrected chi connectivity index (χ2v) is 8.66. The molecule has 30 heavy (non-hydrogen) atoms. The Hall–Kier alpha value is -2.10. The molecule has 2 atom stereocenters. The summed E-state index contributed by atoms with van der Waals surface area (Å²) in [5.74, 6) is -0.749. The van der Waals surface area contributed by atoms with Crippen molar-refractivity contribution in [2.24, 2.45) is 0 Å². The molecule has 0 radical (unpaired) electrons. The summed E-state index contributed by atoms with van der Waals surface area (Å²) in [6.07, 6.45) is 0.590. The van der Waals surface area contributed by atoms with Crippen molar-refractivity contribution in [3.63, 3.8) is 0 Å². The largest absolute Gasteiger partial charge is 0.490 e. The van der Waals surface area contributed by atoms with E-state index < -0.39 is 34.9 Å². The van der Waals surface area contributed by atoms with Crippen molar-refractivity contribution in [2.45, 2.75) is 63.6 Å². The van der Waals surface area contributed by atoms with Gasteiger partial charge in [0.2, 0.25) is 5.76 Å². The summed E-state index contributed by atoms with van der Waals surface area (Å²) in [7, 11) is -4.07. The summed E-state index contributed by atoms with van der Waals surface area (Å²) in [5, 5.41) is 10.5. The van der Waals surface area contributed by atoms with Gasteiger partial charge in [-0.25, -0.2) is 4.79 Å². The maximum absolute atomic E-state index is 12.3. The molecule has 0 amide bonds. The number of hydrogen-bond donors (Lipinski definition) is 1. The minimum absolute atomic E-state index is 0.0257. The highest BCUT2D eigenvalue weighted by atomic mass is 32.2. The Labute approximate surface area is 177 Å². The molecule has 9 heteroatoms. The van der Waals surface area contributed by atoms with Crippen molar-refractivity contribution in [3.05, 3.63) is 41.3 Å². The van der Waals surface area contributed by atoms with Crippen LogP contribution in [-0.4, -0.2) is 51.5 Å². The number of cyclic esters (lactones) is 1. The number of carbonyl (C=O) groups excluding carboxylic acids is 1. The van der Waals surface area contributed by atoms with Gasteiger partial charge in [0.1, 0.15) is 6.10 Å². The Morgan fingerprint density at radius 2 is 1.67 bits per heavy atom. The molecular formula is C21H30O8S. The molecule has 8 nitrogen and oxygen atoms in total. The van der Waals surface area contributed by atoms with Crippen LogP contribution < -0.4 is 0 Å². The van der Waals surface area contributed by atoms with Crippen LogP contribution in [0.4, 0.5) is 0 Å². The fourth-order valence-electron chi connectivity index (χ4n) is 2.65. The zero-order valence-electron chi connectivity index (χ0n) is 17.6. The average molecular weight is 443 g/mol. The molecule has 1 aliphatic rings. The number of ether oxygens (including phenoxy) is 3. The molecule has 1 N–H and O–H groups in total. The normalized spacial score (nSPS) is 17.7. The topological polar surface area (TPSA) is 108 Å². The minimum Gasteiger partial charge on any atom is -0.490 e. The molecule has 0 saturated carbocycles. The van der Waals surface area contributed by atoms with E-state index in [4.69, 9.17) is 18.4 Å². The highest BCUT2D eigenvalue weighted by Gasteiger charge is 2.42. The van der Waals surface area contributed by atoms with E-state index in [1.54, 1.807) is 12.1 Å². The van der Waals surface area contributed by atoms with Crippen molar-refractivity contribution in [2.75, 3.05) is 19.8 Å². The lowest BCUT2D eigenvalue weighted by molar-refractivity contribution is -0.148. The summed E-state index contributed by atoms with van der Waals surface area (Å²) in [5.41, 5.74) is 0.904. The number of aliphatic hydroxyl groups excluding tert-OH is 1. The third-order valence-electron chi connectivity index (χ3n) is 4.45. The first-order chi connectivity index (χ1) is 14.3. The van der Waals surface area contributed by atoms with Gasteiger partial charge in [-0.1, -0.05) is 44.4 Å². The van der Waals surface area contributed by atoms with Crippen molar-refractivity contribution in [3.8, 4) is 0 Å². The quantitative estimate of drug-likeness (QED) is 0.282. The van der Waals surface area contributed by atoms with Crippen LogP contribution in [0.15, 0.2) is 40.7 Å². The van der Waals surface area contributed by atoms with Crippen molar-refractivity contribution < 1.29 is 36.7 Å². The summed E-state index contributed by atoms with van der Waals surface area (Å²) in [6, 6.07) is 6.14. The van der Waals surface area contributed by atoms with E-state index >= 15 is 0 Å². The van der Waals surface area contributed by atoms with Crippen LogP contribution in [-0.2, 0) is 33.3 Å². The number of hydrogen-bond acceptors (Lipinski definition) is 8. The molecule has 0 bridgehead atoms. The van der Waals surface area contributed by atoms with E-state index in [1.165, 1.54) is 12.1 Å². The fourth-order valence-corrected chi connectivity index (χ4v) is 3.57. The fraction of sp³-hybridized carbons (Fsp3) is 0.571. The summed E-state index contributed by atoms with van der Waals surface area (Å²) in [6.45, 7) is 5.83. The van der Waals surface area contributed by atoms with Crippen LogP contribution in [0.25, 0.3) is 0 Å². The highest BCUT2D eigenvalue weighted by molar-refractivity contribution is 7.86. The second kappa shape index (κ2) is 11.3. The smallest absolute Gasteiger partial charge is 0.378 e. The van der Waals surface area contributed by atoms with Crippen LogP contribution in [0.3, 0.4) is 0 Å². The Morgan fingerprint density at radius 3 is 2.27 bits per heavy atom. The monoisotopic (exact) mass is 442 g/mol. The van der Waals surface area contributed by atoms with Crippen LogP contribution in [0, 0.1) is 6.92 Å². The van der Waals surface area contributed by atoms with Crippen molar-refractivity contribution in [1.82, 2.24) is 0 Å². The molecule has 1 heterocycles. The molecule has 1 aromatic carbocycles. The van der Waals surface area contributed by atoms with E-state index in [-0.39, 0.29) is 16.4 Å².